The van der Waals surface area contributed by atoms with Crippen LogP contribution in [-0.4, -0.2) is 48.8 Å². The lowest BCUT2D eigenvalue weighted by Gasteiger charge is -2.30. The van der Waals surface area contributed by atoms with Crippen LogP contribution in [0, 0.1) is 0 Å². The lowest BCUT2D eigenvalue weighted by atomic mass is 10.0. The molecule has 1 aromatic rings. The molecule has 6 nitrogen and oxygen atoms in total. The first-order chi connectivity index (χ1) is 9.47. The zero-order valence-corrected chi connectivity index (χ0v) is 12.1. The SMILES string of the molecule is CN1CCC(NC(=O)NCC(C)(O)c2ccco2)CC1. The van der Waals surface area contributed by atoms with Crippen molar-refractivity contribution < 1.29 is 14.3 Å². The topological polar surface area (TPSA) is 77.7 Å². The molecule has 1 aliphatic heterocycles. The molecule has 1 unspecified atom stereocenters. The van der Waals surface area contributed by atoms with Gasteiger partial charge >= 0.3 is 6.03 Å². The van der Waals surface area contributed by atoms with Crippen molar-refractivity contribution in [2.75, 3.05) is 26.7 Å². The fourth-order valence-corrected chi connectivity index (χ4v) is 2.31. The minimum Gasteiger partial charge on any atom is -0.466 e. The summed E-state index contributed by atoms with van der Waals surface area (Å²) in [5.74, 6) is 0.442. The lowest BCUT2D eigenvalue weighted by molar-refractivity contribution is 0.0365. The fraction of sp³-hybridized carbons (Fsp3) is 0.643. The highest BCUT2D eigenvalue weighted by Gasteiger charge is 2.27. The molecule has 20 heavy (non-hydrogen) atoms. The Hall–Kier alpha value is -1.53. The van der Waals surface area contributed by atoms with Gasteiger partial charge in [-0.05, 0) is 52.0 Å². The molecule has 1 atom stereocenters. The van der Waals surface area contributed by atoms with E-state index in [1.807, 2.05) is 0 Å². The second-order valence-electron chi connectivity index (χ2n) is 5.66. The molecule has 0 saturated carbocycles. The molecule has 6 heteroatoms. The average molecular weight is 281 g/mol. The van der Waals surface area contributed by atoms with Gasteiger partial charge in [-0.2, -0.15) is 0 Å². The van der Waals surface area contributed by atoms with Gasteiger partial charge in [0.05, 0.1) is 12.8 Å². The van der Waals surface area contributed by atoms with Crippen LogP contribution < -0.4 is 10.6 Å². The Morgan fingerprint density at radius 3 is 2.85 bits per heavy atom. The zero-order chi connectivity index (χ0) is 14.6. The number of likely N-dealkylation sites (tertiary alicyclic amines) is 1. The molecule has 0 aromatic carbocycles. The highest BCUT2D eigenvalue weighted by molar-refractivity contribution is 5.74. The number of urea groups is 1. The number of nitrogens with one attached hydrogen (secondary N) is 2. The van der Waals surface area contributed by atoms with Crippen LogP contribution in [0.15, 0.2) is 22.8 Å². The van der Waals surface area contributed by atoms with E-state index in [0.29, 0.717) is 5.76 Å². The number of rotatable bonds is 4. The molecule has 3 N–H and O–H groups in total. The van der Waals surface area contributed by atoms with Gasteiger partial charge in [-0.3, -0.25) is 0 Å². The number of carbonyl (C=O) groups excluding carboxylic acids is 1. The Labute approximate surface area is 119 Å². The van der Waals surface area contributed by atoms with E-state index < -0.39 is 5.60 Å². The Morgan fingerprint density at radius 1 is 1.55 bits per heavy atom. The van der Waals surface area contributed by atoms with Crippen LogP contribution in [0.4, 0.5) is 4.79 Å². The molecule has 0 aliphatic carbocycles. The van der Waals surface area contributed by atoms with Crippen LogP contribution >= 0.6 is 0 Å². The minimum atomic E-state index is -1.20. The van der Waals surface area contributed by atoms with Crippen LogP contribution in [0.1, 0.15) is 25.5 Å². The highest BCUT2D eigenvalue weighted by Crippen LogP contribution is 2.19. The normalized spacial score (nSPS) is 20.4. The molecule has 1 aromatic heterocycles. The smallest absolute Gasteiger partial charge is 0.315 e. The number of amides is 2. The third kappa shape index (κ3) is 3.98. The van der Waals surface area contributed by atoms with Crippen LogP contribution in [0.3, 0.4) is 0 Å². The second-order valence-corrected chi connectivity index (χ2v) is 5.66. The van der Waals surface area contributed by atoms with Gasteiger partial charge in [0, 0.05) is 6.04 Å². The van der Waals surface area contributed by atoms with E-state index >= 15 is 0 Å². The highest BCUT2D eigenvalue weighted by atomic mass is 16.4. The van der Waals surface area contributed by atoms with Crippen LogP contribution in [0.5, 0.6) is 0 Å². The first-order valence-electron chi connectivity index (χ1n) is 6.96. The van der Waals surface area contributed by atoms with Gasteiger partial charge in [-0.25, -0.2) is 4.79 Å². The fourth-order valence-electron chi connectivity index (χ4n) is 2.31. The summed E-state index contributed by atoms with van der Waals surface area (Å²) in [5.41, 5.74) is -1.20. The van der Waals surface area contributed by atoms with E-state index in [0.717, 1.165) is 25.9 Å². The molecule has 2 amide bonds. The van der Waals surface area contributed by atoms with Crippen molar-refractivity contribution in [2.45, 2.75) is 31.4 Å². The molecule has 0 spiro atoms. The number of aliphatic hydroxyl groups is 1. The number of furan rings is 1. The largest absolute Gasteiger partial charge is 0.466 e. The molecule has 2 rings (SSSR count). The summed E-state index contributed by atoms with van der Waals surface area (Å²) in [6.07, 6.45) is 3.42. The van der Waals surface area contributed by atoms with Gasteiger partial charge in [0.15, 0.2) is 0 Å². The van der Waals surface area contributed by atoms with Crippen molar-refractivity contribution in [3.05, 3.63) is 24.2 Å². The Morgan fingerprint density at radius 2 is 2.25 bits per heavy atom. The molecule has 1 fully saturated rings. The zero-order valence-electron chi connectivity index (χ0n) is 12.1. The minimum absolute atomic E-state index is 0.110. The number of hydrogen-bond acceptors (Lipinski definition) is 4. The summed E-state index contributed by atoms with van der Waals surface area (Å²) in [4.78, 5) is 14.1. The van der Waals surface area contributed by atoms with Crippen LogP contribution in [0.2, 0.25) is 0 Å². The van der Waals surface area contributed by atoms with Gasteiger partial charge in [0.1, 0.15) is 11.4 Å². The predicted molar refractivity (Wildman–Crippen MR) is 75.3 cm³/mol. The Kier molecular flexibility index (Phi) is 4.67. The van der Waals surface area contributed by atoms with Gasteiger partial charge < -0.3 is 25.1 Å². The second kappa shape index (κ2) is 6.28. The van der Waals surface area contributed by atoms with Gasteiger partial charge in [-0.15, -0.1) is 0 Å². The quantitative estimate of drug-likeness (QED) is 0.765. The van der Waals surface area contributed by atoms with Crippen molar-refractivity contribution in [3.8, 4) is 0 Å². The maximum Gasteiger partial charge on any atom is 0.315 e. The van der Waals surface area contributed by atoms with E-state index in [2.05, 4.69) is 22.6 Å². The van der Waals surface area contributed by atoms with Crippen molar-refractivity contribution in [2.24, 2.45) is 0 Å². The van der Waals surface area contributed by atoms with Crippen molar-refractivity contribution in [1.29, 1.82) is 0 Å². The third-order valence-electron chi connectivity index (χ3n) is 3.70. The van der Waals surface area contributed by atoms with E-state index in [1.54, 1.807) is 19.1 Å². The molecule has 112 valence electrons. The summed E-state index contributed by atoms with van der Waals surface area (Å²) in [5, 5.41) is 15.9. The van der Waals surface area contributed by atoms with Crippen molar-refractivity contribution in [3.63, 3.8) is 0 Å². The molecule has 1 aliphatic rings. The number of nitrogens with zero attached hydrogens (tertiary/aromatic N) is 1. The Balaban J connectivity index is 1.75. The number of hydrogen-bond donors (Lipinski definition) is 3. The standard InChI is InChI=1S/C14H23N3O3/c1-14(19,12-4-3-9-20-12)10-15-13(18)16-11-5-7-17(2)8-6-11/h3-4,9,11,19H,5-8,10H2,1-2H3,(H2,15,16,18). The first-order valence-corrected chi connectivity index (χ1v) is 6.96. The molecular formula is C14H23N3O3. The monoisotopic (exact) mass is 281 g/mol. The molecule has 2 heterocycles. The summed E-state index contributed by atoms with van der Waals surface area (Å²) in [7, 11) is 2.08. The number of carbonyl (C=O) groups is 1. The van der Waals surface area contributed by atoms with Crippen molar-refractivity contribution >= 4 is 6.03 Å². The third-order valence-corrected chi connectivity index (χ3v) is 3.70. The van der Waals surface area contributed by atoms with E-state index in [9.17, 15) is 9.90 Å². The van der Waals surface area contributed by atoms with Crippen LogP contribution in [0.25, 0.3) is 0 Å². The molecule has 1 saturated heterocycles. The number of piperidine rings is 1. The van der Waals surface area contributed by atoms with Gasteiger partial charge in [0.2, 0.25) is 0 Å². The summed E-state index contributed by atoms with van der Waals surface area (Å²) >= 11 is 0. The predicted octanol–water partition coefficient (Wildman–Crippen LogP) is 0.881. The Bertz CT molecular complexity index is 423. The lowest BCUT2D eigenvalue weighted by Crippen LogP contribution is -2.49. The van der Waals surface area contributed by atoms with Crippen LogP contribution in [-0.2, 0) is 5.60 Å². The van der Waals surface area contributed by atoms with Crippen molar-refractivity contribution in [1.82, 2.24) is 15.5 Å². The maximum absolute atomic E-state index is 11.8. The summed E-state index contributed by atoms with van der Waals surface area (Å²) in [6.45, 7) is 3.71. The van der Waals surface area contributed by atoms with E-state index in [4.69, 9.17) is 4.42 Å². The van der Waals surface area contributed by atoms with E-state index in [-0.39, 0.29) is 18.6 Å². The molecule has 0 bridgehead atoms. The average Bonchev–Trinajstić information content (AvgIpc) is 2.94. The first kappa shape index (κ1) is 14.9. The van der Waals surface area contributed by atoms with Gasteiger partial charge in [0.25, 0.3) is 0 Å². The maximum atomic E-state index is 11.8. The van der Waals surface area contributed by atoms with Gasteiger partial charge in [-0.1, -0.05) is 0 Å². The van der Waals surface area contributed by atoms with E-state index in [1.165, 1.54) is 6.26 Å². The molecule has 0 radical (unpaired) electrons. The molecular weight excluding hydrogens is 258 g/mol. The summed E-state index contributed by atoms with van der Waals surface area (Å²) in [6, 6.07) is 3.37. The summed E-state index contributed by atoms with van der Waals surface area (Å²) < 4.78 is 5.17.